The number of hydrogen-bond donors (Lipinski definition) is 0. The van der Waals surface area contributed by atoms with Gasteiger partial charge in [0, 0.05) is 3.57 Å². The molecule has 0 amide bonds. The van der Waals surface area contributed by atoms with Gasteiger partial charge < -0.3 is 9.47 Å². The first-order chi connectivity index (χ1) is 9.26. The summed E-state index contributed by atoms with van der Waals surface area (Å²) in [6.07, 6.45) is -5.28. The quantitative estimate of drug-likeness (QED) is 0.414. The van der Waals surface area contributed by atoms with Crippen LogP contribution in [0.3, 0.4) is 0 Å². The summed E-state index contributed by atoms with van der Waals surface area (Å²) in [7, 11) is 0. The van der Waals surface area contributed by atoms with E-state index in [9.17, 15) is 18.0 Å². The second-order valence-electron chi connectivity index (χ2n) is 3.52. The lowest BCUT2D eigenvalue weighted by molar-refractivity contribution is -0.275. The lowest BCUT2D eigenvalue weighted by Crippen LogP contribution is -2.20. The summed E-state index contributed by atoms with van der Waals surface area (Å²) in [4.78, 5) is 15.3. The standard InChI is InChI=1S/C11H10ClF3INO3/c1-2-19-10(18)4-7-9(20-11(13,14)15)3-6(16)8(5-12)17-7/h3H,2,4-5H2,1H3. The summed E-state index contributed by atoms with van der Waals surface area (Å²) in [6, 6.07) is 1.15. The van der Waals surface area contributed by atoms with Crippen LogP contribution in [0.2, 0.25) is 0 Å². The average molecular weight is 424 g/mol. The lowest BCUT2D eigenvalue weighted by atomic mass is 10.2. The maximum Gasteiger partial charge on any atom is 0.573 e. The number of carbonyl (C=O) groups excluding carboxylic acids is 1. The molecule has 1 aromatic heterocycles. The summed E-state index contributed by atoms with van der Waals surface area (Å²) < 4.78 is 46.0. The minimum Gasteiger partial charge on any atom is -0.466 e. The zero-order valence-electron chi connectivity index (χ0n) is 10.3. The van der Waals surface area contributed by atoms with E-state index in [-0.39, 0.29) is 18.2 Å². The van der Waals surface area contributed by atoms with E-state index >= 15 is 0 Å². The van der Waals surface area contributed by atoms with Crippen molar-refractivity contribution in [1.29, 1.82) is 0 Å². The van der Waals surface area contributed by atoms with Gasteiger partial charge in [-0.05, 0) is 35.6 Å². The first-order valence-corrected chi connectivity index (χ1v) is 7.03. The number of rotatable bonds is 5. The number of pyridine rings is 1. The van der Waals surface area contributed by atoms with E-state index in [1.165, 1.54) is 0 Å². The van der Waals surface area contributed by atoms with Gasteiger partial charge in [0.15, 0.2) is 5.75 Å². The van der Waals surface area contributed by atoms with E-state index < -0.39 is 24.5 Å². The van der Waals surface area contributed by atoms with Crippen molar-refractivity contribution in [3.05, 3.63) is 21.0 Å². The molecule has 1 rings (SSSR count). The zero-order valence-corrected chi connectivity index (χ0v) is 13.2. The number of hydrogen-bond acceptors (Lipinski definition) is 4. The minimum absolute atomic E-state index is 0.0143. The van der Waals surface area contributed by atoms with E-state index in [2.05, 4.69) is 14.5 Å². The number of carbonyl (C=O) groups is 1. The number of nitrogens with zero attached hydrogens (tertiary/aromatic N) is 1. The van der Waals surface area contributed by atoms with Crippen LogP contribution in [0.5, 0.6) is 5.75 Å². The molecule has 0 N–H and O–H groups in total. The molecule has 9 heteroatoms. The molecular formula is C11H10ClF3INO3. The average Bonchev–Trinajstić information content (AvgIpc) is 2.30. The molecule has 0 aliphatic rings. The third-order valence-electron chi connectivity index (χ3n) is 2.06. The molecule has 1 heterocycles. The second-order valence-corrected chi connectivity index (χ2v) is 4.95. The number of alkyl halides is 4. The normalized spacial score (nSPS) is 11.3. The Morgan fingerprint density at radius 3 is 2.60 bits per heavy atom. The van der Waals surface area contributed by atoms with Crippen molar-refractivity contribution < 1.29 is 27.4 Å². The van der Waals surface area contributed by atoms with E-state index in [0.29, 0.717) is 9.26 Å². The van der Waals surface area contributed by atoms with E-state index in [1.807, 2.05) is 0 Å². The largest absolute Gasteiger partial charge is 0.573 e. The van der Waals surface area contributed by atoms with Crippen molar-refractivity contribution in [2.75, 3.05) is 6.61 Å². The van der Waals surface area contributed by atoms with Crippen LogP contribution in [0.25, 0.3) is 0 Å². The van der Waals surface area contributed by atoms with E-state index in [0.717, 1.165) is 6.07 Å². The van der Waals surface area contributed by atoms with Gasteiger partial charge >= 0.3 is 12.3 Å². The van der Waals surface area contributed by atoms with Crippen molar-refractivity contribution in [3.8, 4) is 5.75 Å². The highest BCUT2D eigenvalue weighted by Crippen LogP contribution is 2.29. The maximum atomic E-state index is 12.3. The minimum atomic E-state index is -4.86. The second kappa shape index (κ2) is 7.30. The van der Waals surface area contributed by atoms with Gasteiger partial charge in [-0.3, -0.25) is 9.78 Å². The molecule has 0 fully saturated rings. The first-order valence-electron chi connectivity index (χ1n) is 5.42. The third-order valence-corrected chi connectivity index (χ3v) is 3.24. The molecule has 0 saturated heterocycles. The fourth-order valence-electron chi connectivity index (χ4n) is 1.34. The Kier molecular flexibility index (Phi) is 6.31. The van der Waals surface area contributed by atoms with Crippen LogP contribution in [0.4, 0.5) is 13.2 Å². The van der Waals surface area contributed by atoms with Crippen molar-refractivity contribution in [2.45, 2.75) is 25.6 Å². The van der Waals surface area contributed by atoms with Crippen LogP contribution in [-0.4, -0.2) is 23.9 Å². The van der Waals surface area contributed by atoms with Gasteiger partial charge in [-0.1, -0.05) is 0 Å². The number of halogens is 5. The van der Waals surface area contributed by atoms with Gasteiger partial charge in [-0.25, -0.2) is 0 Å². The predicted octanol–water partition coefficient (Wildman–Crippen LogP) is 3.43. The predicted molar refractivity (Wildman–Crippen MR) is 73.5 cm³/mol. The molecule has 0 atom stereocenters. The van der Waals surface area contributed by atoms with E-state index in [4.69, 9.17) is 11.6 Å². The molecule has 112 valence electrons. The molecule has 0 aliphatic heterocycles. The molecular weight excluding hydrogens is 413 g/mol. The van der Waals surface area contributed by atoms with E-state index in [1.54, 1.807) is 29.5 Å². The smallest absolute Gasteiger partial charge is 0.466 e. The molecule has 0 spiro atoms. The Bertz CT molecular complexity index is 497. The van der Waals surface area contributed by atoms with Crippen LogP contribution in [0.15, 0.2) is 6.07 Å². The molecule has 0 aliphatic carbocycles. The number of esters is 1. The number of ether oxygens (including phenoxy) is 2. The monoisotopic (exact) mass is 423 g/mol. The topological polar surface area (TPSA) is 48.4 Å². The van der Waals surface area contributed by atoms with Crippen molar-refractivity contribution in [3.63, 3.8) is 0 Å². The van der Waals surface area contributed by atoms with Crippen LogP contribution in [0.1, 0.15) is 18.3 Å². The summed E-state index contributed by atoms with van der Waals surface area (Å²) in [6.45, 7) is 1.72. The molecule has 0 radical (unpaired) electrons. The Morgan fingerprint density at radius 2 is 2.10 bits per heavy atom. The first kappa shape index (κ1) is 17.3. The Morgan fingerprint density at radius 1 is 1.45 bits per heavy atom. The fourth-order valence-corrected chi connectivity index (χ4v) is 2.36. The molecule has 0 bridgehead atoms. The Balaban J connectivity index is 3.12. The summed E-state index contributed by atoms with van der Waals surface area (Å²) in [5, 5.41) is 0. The van der Waals surface area contributed by atoms with Gasteiger partial charge in [0.25, 0.3) is 0 Å². The SMILES string of the molecule is CCOC(=O)Cc1nc(CCl)c(I)cc1OC(F)(F)F. The van der Waals surface area contributed by atoms with Gasteiger partial charge in [-0.2, -0.15) is 0 Å². The highest BCUT2D eigenvalue weighted by atomic mass is 127. The highest BCUT2D eigenvalue weighted by Gasteiger charge is 2.33. The molecule has 4 nitrogen and oxygen atoms in total. The summed E-state index contributed by atoms with van der Waals surface area (Å²) >= 11 is 7.43. The van der Waals surface area contributed by atoms with Crippen LogP contribution in [0, 0.1) is 3.57 Å². The zero-order chi connectivity index (χ0) is 15.3. The van der Waals surface area contributed by atoms with Crippen molar-refractivity contribution >= 4 is 40.2 Å². The molecule has 0 aromatic carbocycles. The van der Waals surface area contributed by atoms with Crippen LogP contribution >= 0.6 is 34.2 Å². The maximum absolute atomic E-state index is 12.3. The molecule has 20 heavy (non-hydrogen) atoms. The lowest BCUT2D eigenvalue weighted by Gasteiger charge is -2.14. The summed E-state index contributed by atoms with van der Waals surface area (Å²) in [5.74, 6) is -1.20. The van der Waals surface area contributed by atoms with Crippen molar-refractivity contribution in [1.82, 2.24) is 4.98 Å². The van der Waals surface area contributed by atoms with Gasteiger partial charge in [0.2, 0.25) is 0 Å². The Hall–Kier alpha value is -0.770. The van der Waals surface area contributed by atoms with Crippen molar-refractivity contribution in [2.24, 2.45) is 0 Å². The summed E-state index contributed by atoms with van der Waals surface area (Å²) in [5.41, 5.74) is 0.220. The van der Waals surface area contributed by atoms with Gasteiger partial charge in [0.1, 0.15) is 0 Å². The third kappa shape index (κ3) is 5.31. The number of aromatic nitrogens is 1. The Labute approximate surface area is 131 Å². The van der Waals surface area contributed by atoms with Crippen LogP contribution in [-0.2, 0) is 21.8 Å². The highest BCUT2D eigenvalue weighted by molar-refractivity contribution is 14.1. The molecule has 0 unspecified atom stereocenters. The fraction of sp³-hybridized carbons (Fsp3) is 0.455. The van der Waals surface area contributed by atoms with Gasteiger partial charge in [-0.15, -0.1) is 24.8 Å². The van der Waals surface area contributed by atoms with Gasteiger partial charge in [0.05, 0.1) is 30.3 Å². The molecule has 1 aromatic rings. The molecule has 0 saturated carbocycles. The van der Waals surface area contributed by atoms with Crippen LogP contribution < -0.4 is 4.74 Å².